The molecular formula is C20H28N2O3. The molecule has 2 amide bonds. The number of carboxylic acids is 1. The largest absolute Gasteiger partial charge is 0.481 e. The number of urea groups is 1. The Hall–Kier alpha value is -2.04. The number of aliphatic carboxylic acids is 1. The molecule has 5 heteroatoms. The van der Waals surface area contributed by atoms with Crippen LogP contribution in [0.15, 0.2) is 30.3 Å². The first kappa shape index (κ1) is 17.8. The van der Waals surface area contributed by atoms with Crippen molar-refractivity contribution in [1.82, 2.24) is 10.2 Å². The number of nitrogens with one attached hydrogen (secondary N) is 1. The van der Waals surface area contributed by atoms with Gasteiger partial charge < -0.3 is 15.3 Å². The Morgan fingerprint density at radius 3 is 2.44 bits per heavy atom. The van der Waals surface area contributed by atoms with E-state index in [4.69, 9.17) is 5.11 Å². The number of rotatable bonds is 9. The highest BCUT2D eigenvalue weighted by atomic mass is 16.4. The second-order valence-electron chi connectivity index (χ2n) is 7.49. The highest BCUT2D eigenvalue weighted by Gasteiger charge is 2.42. The highest BCUT2D eigenvalue weighted by Crippen LogP contribution is 2.39. The van der Waals surface area contributed by atoms with Gasteiger partial charge in [-0.25, -0.2) is 4.79 Å². The van der Waals surface area contributed by atoms with E-state index in [1.807, 2.05) is 35.2 Å². The van der Waals surface area contributed by atoms with Crippen LogP contribution in [0.3, 0.4) is 0 Å². The molecule has 3 rings (SSSR count). The summed E-state index contributed by atoms with van der Waals surface area (Å²) >= 11 is 0. The zero-order valence-corrected chi connectivity index (χ0v) is 14.9. The fourth-order valence-electron chi connectivity index (χ4n) is 3.51. The molecule has 0 bridgehead atoms. The molecule has 2 aliphatic rings. The Labute approximate surface area is 149 Å². The number of hydrogen-bond donors (Lipinski definition) is 2. The Morgan fingerprint density at radius 1 is 1.20 bits per heavy atom. The molecule has 25 heavy (non-hydrogen) atoms. The van der Waals surface area contributed by atoms with E-state index >= 15 is 0 Å². The van der Waals surface area contributed by atoms with Gasteiger partial charge in [0.1, 0.15) is 0 Å². The van der Waals surface area contributed by atoms with Crippen LogP contribution in [0.25, 0.3) is 0 Å². The van der Waals surface area contributed by atoms with Crippen LogP contribution in [0.2, 0.25) is 0 Å². The minimum absolute atomic E-state index is 0.0202. The molecule has 1 aromatic carbocycles. The molecule has 0 saturated heterocycles. The second kappa shape index (κ2) is 7.89. The molecule has 0 aromatic heterocycles. The number of nitrogens with zero attached hydrogens (tertiary/aromatic N) is 1. The average Bonchev–Trinajstić information content (AvgIpc) is 3.46. The molecule has 0 spiro atoms. The third kappa shape index (κ3) is 5.21. The fraction of sp³-hybridized carbons (Fsp3) is 0.600. The molecule has 2 fully saturated rings. The Bertz CT molecular complexity index is 596. The zero-order valence-electron chi connectivity index (χ0n) is 14.9. The SMILES string of the molecule is CC(C1CC1)N(C(=O)NC(CCC(=O)O)Cc1ccccc1)C1CC1. The van der Waals surface area contributed by atoms with E-state index in [2.05, 4.69) is 12.2 Å². The first-order valence-corrected chi connectivity index (χ1v) is 9.39. The first-order chi connectivity index (χ1) is 12.0. The number of amides is 2. The summed E-state index contributed by atoms with van der Waals surface area (Å²) in [6.07, 6.45) is 5.78. The summed E-state index contributed by atoms with van der Waals surface area (Å²) in [6.45, 7) is 2.15. The van der Waals surface area contributed by atoms with Crippen molar-refractivity contribution >= 4 is 12.0 Å². The third-order valence-electron chi connectivity index (χ3n) is 5.28. The van der Waals surface area contributed by atoms with Gasteiger partial charge in [-0.15, -0.1) is 0 Å². The number of carboxylic acid groups (broad SMARTS) is 1. The minimum Gasteiger partial charge on any atom is -0.481 e. The van der Waals surface area contributed by atoms with Gasteiger partial charge in [0.25, 0.3) is 0 Å². The van der Waals surface area contributed by atoms with Gasteiger partial charge in [0, 0.05) is 24.5 Å². The zero-order chi connectivity index (χ0) is 17.8. The lowest BCUT2D eigenvalue weighted by Gasteiger charge is -2.31. The normalized spacial score (nSPS) is 19.1. The van der Waals surface area contributed by atoms with E-state index in [1.165, 1.54) is 12.8 Å². The molecule has 1 aromatic rings. The molecule has 2 N–H and O–H groups in total. The fourth-order valence-corrected chi connectivity index (χ4v) is 3.51. The molecule has 0 radical (unpaired) electrons. The van der Waals surface area contributed by atoms with E-state index in [-0.39, 0.29) is 24.5 Å². The van der Waals surface area contributed by atoms with Gasteiger partial charge >= 0.3 is 12.0 Å². The molecule has 0 heterocycles. The van der Waals surface area contributed by atoms with Crippen molar-refractivity contribution in [2.75, 3.05) is 0 Å². The van der Waals surface area contributed by atoms with Crippen molar-refractivity contribution in [3.8, 4) is 0 Å². The minimum atomic E-state index is -0.822. The van der Waals surface area contributed by atoms with E-state index < -0.39 is 5.97 Å². The van der Waals surface area contributed by atoms with Gasteiger partial charge in [-0.2, -0.15) is 0 Å². The summed E-state index contributed by atoms with van der Waals surface area (Å²) < 4.78 is 0. The number of hydrogen-bond acceptors (Lipinski definition) is 2. The van der Waals surface area contributed by atoms with Gasteiger partial charge in [-0.05, 0) is 56.9 Å². The van der Waals surface area contributed by atoms with Crippen molar-refractivity contribution in [2.45, 2.75) is 70.0 Å². The molecule has 2 atom stereocenters. The van der Waals surface area contributed by atoms with Gasteiger partial charge in [0.15, 0.2) is 0 Å². The summed E-state index contributed by atoms with van der Waals surface area (Å²) in [5.41, 5.74) is 1.12. The lowest BCUT2D eigenvalue weighted by molar-refractivity contribution is -0.137. The van der Waals surface area contributed by atoms with Crippen molar-refractivity contribution in [1.29, 1.82) is 0 Å². The van der Waals surface area contributed by atoms with Crippen molar-refractivity contribution < 1.29 is 14.7 Å². The van der Waals surface area contributed by atoms with Gasteiger partial charge in [-0.3, -0.25) is 4.79 Å². The maximum Gasteiger partial charge on any atom is 0.318 e. The van der Waals surface area contributed by atoms with Crippen LogP contribution in [0.4, 0.5) is 4.79 Å². The monoisotopic (exact) mass is 344 g/mol. The predicted molar refractivity (Wildman–Crippen MR) is 96.4 cm³/mol. The highest BCUT2D eigenvalue weighted by molar-refractivity contribution is 5.76. The summed E-state index contributed by atoms with van der Waals surface area (Å²) in [6, 6.07) is 10.4. The first-order valence-electron chi connectivity index (χ1n) is 9.39. The molecule has 136 valence electrons. The van der Waals surface area contributed by atoms with Gasteiger partial charge in [0.05, 0.1) is 0 Å². The van der Waals surface area contributed by atoms with E-state index in [0.717, 1.165) is 18.4 Å². The van der Waals surface area contributed by atoms with Gasteiger partial charge in [-0.1, -0.05) is 30.3 Å². The summed E-state index contributed by atoms with van der Waals surface area (Å²) in [4.78, 5) is 25.9. The lowest BCUT2D eigenvalue weighted by Crippen LogP contribution is -2.50. The van der Waals surface area contributed by atoms with Crippen molar-refractivity contribution in [3.63, 3.8) is 0 Å². The third-order valence-corrected chi connectivity index (χ3v) is 5.28. The molecule has 2 aliphatic carbocycles. The van der Waals surface area contributed by atoms with E-state index in [9.17, 15) is 9.59 Å². The van der Waals surface area contributed by atoms with E-state index in [1.54, 1.807) is 0 Å². The van der Waals surface area contributed by atoms with Crippen LogP contribution in [0.5, 0.6) is 0 Å². The Morgan fingerprint density at radius 2 is 1.88 bits per heavy atom. The van der Waals surface area contributed by atoms with Gasteiger partial charge in [0.2, 0.25) is 0 Å². The summed E-state index contributed by atoms with van der Waals surface area (Å²) in [5, 5.41) is 12.1. The summed E-state index contributed by atoms with van der Waals surface area (Å²) in [7, 11) is 0. The van der Waals surface area contributed by atoms with Crippen LogP contribution in [-0.2, 0) is 11.2 Å². The second-order valence-corrected chi connectivity index (χ2v) is 7.49. The molecular weight excluding hydrogens is 316 g/mol. The molecule has 2 saturated carbocycles. The van der Waals surface area contributed by atoms with Crippen LogP contribution in [0, 0.1) is 5.92 Å². The van der Waals surface area contributed by atoms with Crippen LogP contribution >= 0.6 is 0 Å². The van der Waals surface area contributed by atoms with E-state index in [0.29, 0.717) is 24.8 Å². The van der Waals surface area contributed by atoms with Crippen LogP contribution in [-0.4, -0.2) is 40.1 Å². The lowest BCUT2D eigenvalue weighted by atomic mass is 10.0. The number of benzene rings is 1. The molecule has 2 unspecified atom stereocenters. The standard InChI is InChI=1S/C20H28N2O3/c1-14(16-7-8-16)22(18-10-11-18)20(25)21-17(9-12-19(23)24)13-15-5-3-2-4-6-15/h2-6,14,16-18H,7-13H2,1H3,(H,21,25)(H,23,24). The Balaban J connectivity index is 1.64. The summed E-state index contributed by atoms with van der Waals surface area (Å²) in [5.74, 6) is -0.185. The number of carbonyl (C=O) groups is 2. The smallest absolute Gasteiger partial charge is 0.318 e. The maximum absolute atomic E-state index is 12.9. The predicted octanol–water partition coefficient (Wildman–Crippen LogP) is 3.44. The number of carbonyl (C=O) groups excluding carboxylic acids is 1. The topological polar surface area (TPSA) is 69.6 Å². The maximum atomic E-state index is 12.9. The molecule has 5 nitrogen and oxygen atoms in total. The van der Waals surface area contributed by atoms with Crippen molar-refractivity contribution in [3.05, 3.63) is 35.9 Å². The molecule has 0 aliphatic heterocycles. The Kier molecular flexibility index (Phi) is 5.61. The van der Waals surface area contributed by atoms with Crippen LogP contribution in [0.1, 0.15) is 51.0 Å². The quantitative estimate of drug-likeness (QED) is 0.721. The average molecular weight is 344 g/mol. The van der Waals surface area contributed by atoms with Crippen LogP contribution < -0.4 is 5.32 Å². The van der Waals surface area contributed by atoms with Crippen molar-refractivity contribution in [2.24, 2.45) is 5.92 Å².